The number of amides is 1. The van der Waals surface area contributed by atoms with Gasteiger partial charge in [0, 0.05) is 10.6 Å². The lowest BCUT2D eigenvalue weighted by atomic mass is 10.3. The summed E-state index contributed by atoms with van der Waals surface area (Å²) in [6.45, 7) is 0.331. The highest BCUT2D eigenvalue weighted by Crippen LogP contribution is 2.27. The third kappa shape index (κ3) is 4.85. The highest BCUT2D eigenvalue weighted by molar-refractivity contribution is 8.00. The van der Waals surface area contributed by atoms with Crippen LogP contribution in [0.5, 0.6) is 0 Å². The lowest BCUT2D eigenvalue weighted by Gasteiger charge is -2.11. The average molecular weight is 388 g/mol. The number of anilines is 2. The van der Waals surface area contributed by atoms with Crippen molar-refractivity contribution >= 4 is 52.0 Å². The van der Waals surface area contributed by atoms with Gasteiger partial charge >= 0.3 is 0 Å². The second-order valence-corrected chi connectivity index (χ2v) is 7.11. The van der Waals surface area contributed by atoms with E-state index in [1.807, 2.05) is 67.5 Å². The quantitative estimate of drug-likeness (QED) is 0.625. The third-order valence-corrected chi connectivity index (χ3v) is 4.42. The van der Waals surface area contributed by atoms with Gasteiger partial charge < -0.3 is 14.9 Å². The first-order valence-corrected chi connectivity index (χ1v) is 9.10. The number of fused-ring (bicyclic) bond motifs is 1. The molecule has 0 aliphatic carbocycles. The van der Waals surface area contributed by atoms with Crippen LogP contribution in [0.25, 0.3) is 11.0 Å². The molecule has 0 aliphatic heterocycles. The van der Waals surface area contributed by atoms with Crippen molar-refractivity contribution in [3.63, 3.8) is 0 Å². The van der Waals surface area contributed by atoms with E-state index >= 15 is 0 Å². The molecule has 134 valence electrons. The Bertz CT molecular complexity index is 934. The number of hydrogen-bond donors (Lipinski definition) is 2. The topological polar surface area (TPSA) is 70.2 Å². The maximum Gasteiger partial charge on any atom is 0.238 e. The smallest absolute Gasteiger partial charge is 0.238 e. The van der Waals surface area contributed by atoms with Crippen LogP contribution in [0.15, 0.2) is 53.4 Å². The van der Waals surface area contributed by atoms with E-state index in [1.54, 1.807) is 0 Å². The van der Waals surface area contributed by atoms with E-state index in [4.69, 9.17) is 11.6 Å². The van der Waals surface area contributed by atoms with Gasteiger partial charge in [0.05, 0.1) is 17.6 Å². The van der Waals surface area contributed by atoms with Gasteiger partial charge in [-0.3, -0.25) is 4.79 Å². The Morgan fingerprint density at radius 3 is 2.58 bits per heavy atom. The molecule has 1 aromatic heterocycles. The van der Waals surface area contributed by atoms with Crippen LogP contribution in [-0.2, 0) is 4.79 Å². The fraction of sp³-hybridized carbons (Fsp3) is 0.167. The Kier molecular flexibility index (Phi) is 5.92. The normalized spacial score (nSPS) is 10.9. The van der Waals surface area contributed by atoms with Crippen LogP contribution >= 0.6 is 23.5 Å². The molecule has 1 amide bonds. The first kappa shape index (κ1) is 18.4. The lowest BCUT2D eigenvalue weighted by molar-refractivity contribution is -0.116. The van der Waals surface area contributed by atoms with Gasteiger partial charge in [0.1, 0.15) is 0 Å². The van der Waals surface area contributed by atoms with Gasteiger partial charge in [0.15, 0.2) is 11.0 Å². The summed E-state index contributed by atoms with van der Waals surface area (Å²) in [7, 11) is 3.70. The molecule has 3 aromatic rings. The second-order valence-electron chi connectivity index (χ2n) is 5.87. The number of carbonyl (C=O) groups is 1. The number of halogens is 1. The number of benzene rings is 2. The Balaban J connectivity index is 1.69. The number of nitrogens with one attached hydrogen (secondary N) is 2. The van der Waals surface area contributed by atoms with E-state index in [9.17, 15) is 4.79 Å². The number of nitrogens with zero attached hydrogens (tertiary/aromatic N) is 3. The zero-order valence-electron chi connectivity index (χ0n) is 14.4. The molecular weight excluding hydrogens is 370 g/mol. The van der Waals surface area contributed by atoms with Crippen molar-refractivity contribution in [1.82, 2.24) is 14.9 Å². The van der Waals surface area contributed by atoms with Crippen molar-refractivity contribution in [3.8, 4) is 0 Å². The molecule has 2 N–H and O–H groups in total. The van der Waals surface area contributed by atoms with E-state index in [-0.39, 0.29) is 5.91 Å². The van der Waals surface area contributed by atoms with Crippen molar-refractivity contribution in [3.05, 3.63) is 53.7 Å². The molecule has 8 heteroatoms. The second kappa shape index (κ2) is 8.35. The number of carbonyl (C=O) groups excluding carboxylic acids is 1. The summed E-state index contributed by atoms with van der Waals surface area (Å²) in [5, 5.41) is 3.18. The van der Waals surface area contributed by atoms with E-state index in [0.29, 0.717) is 17.5 Å². The molecule has 2 aromatic carbocycles. The molecule has 0 saturated carbocycles. The summed E-state index contributed by atoms with van der Waals surface area (Å²) in [5.74, 6) is 0.436. The highest BCUT2D eigenvalue weighted by Gasteiger charge is 2.08. The van der Waals surface area contributed by atoms with Crippen LogP contribution in [0.1, 0.15) is 0 Å². The molecule has 0 spiro atoms. The van der Waals surface area contributed by atoms with Crippen molar-refractivity contribution < 1.29 is 4.79 Å². The minimum atomic E-state index is -0.0615. The van der Waals surface area contributed by atoms with Gasteiger partial charge in [-0.1, -0.05) is 29.8 Å². The molecule has 26 heavy (non-hydrogen) atoms. The fourth-order valence-electron chi connectivity index (χ4n) is 2.28. The summed E-state index contributed by atoms with van der Waals surface area (Å²) in [6, 6.07) is 15.1. The summed E-state index contributed by atoms with van der Waals surface area (Å²) in [5.41, 5.74) is 2.25. The van der Waals surface area contributed by atoms with Gasteiger partial charge in [-0.15, -0.1) is 0 Å². The minimum Gasteiger partial charge on any atom is -0.325 e. The Morgan fingerprint density at radius 1 is 1.12 bits per heavy atom. The standard InChI is InChI=1S/C18H18ClN5OS/c1-24(2)11-16(25)20-12-6-5-7-13(10-12)26-23-18-17(19)21-14-8-3-4-9-15(14)22-18/h3-10H,11H2,1-2H3,(H,20,25)(H,22,23). The first-order chi connectivity index (χ1) is 12.5. The molecule has 3 rings (SSSR count). The van der Waals surface area contributed by atoms with Crippen LogP contribution in [0.4, 0.5) is 11.5 Å². The van der Waals surface area contributed by atoms with Gasteiger partial charge in [-0.2, -0.15) is 0 Å². The lowest BCUT2D eigenvalue weighted by Crippen LogP contribution is -2.27. The van der Waals surface area contributed by atoms with Crippen LogP contribution in [0.3, 0.4) is 0 Å². The maximum absolute atomic E-state index is 11.9. The molecule has 0 radical (unpaired) electrons. The summed E-state index contributed by atoms with van der Waals surface area (Å²) < 4.78 is 3.12. The maximum atomic E-state index is 11.9. The molecule has 0 bridgehead atoms. The predicted octanol–water partition coefficient (Wildman–Crippen LogP) is 3.90. The summed E-state index contributed by atoms with van der Waals surface area (Å²) >= 11 is 7.56. The number of likely N-dealkylation sites (N-methyl/N-ethyl adjacent to an activating group) is 1. The van der Waals surface area contributed by atoms with Gasteiger partial charge in [0.25, 0.3) is 0 Å². The molecule has 0 saturated heterocycles. The number of aromatic nitrogens is 2. The fourth-order valence-corrected chi connectivity index (χ4v) is 3.20. The Hall–Kier alpha value is -2.35. The summed E-state index contributed by atoms with van der Waals surface area (Å²) in [4.78, 5) is 23.4. The van der Waals surface area contributed by atoms with Crippen molar-refractivity contribution in [2.24, 2.45) is 0 Å². The first-order valence-electron chi connectivity index (χ1n) is 7.91. The molecule has 0 atom stereocenters. The number of hydrogen-bond acceptors (Lipinski definition) is 6. The van der Waals surface area contributed by atoms with Crippen molar-refractivity contribution in [2.45, 2.75) is 4.90 Å². The monoisotopic (exact) mass is 387 g/mol. The minimum absolute atomic E-state index is 0.0615. The molecule has 6 nitrogen and oxygen atoms in total. The summed E-state index contributed by atoms with van der Waals surface area (Å²) in [6.07, 6.45) is 0. The van der Waals surface area contributed by atoms with Crippen LogP contribution in [0, 0.1) is 0 Å². The number of rotatable bonds is 6. The van der Waals surface area contributed by atoms with E-state index in [2.05, 4.69) is 20.0 Å². The predicted molar refractivity (Wildman–Crippen MR) is 108 cm³/mol. The molecular formula is C18H18ClN5OS. The van der Waals surface area contributed by atoms with E-state index < -0.39 is 0 Å². The van der Waals surface area contributed by atoms with Crippen LogP contribution in [0.2, 0.25) is 5.15 Å². The molecule has 1 heterocycles. The van der Waals surface area contributed by atoms with Gasteiger partial charge in [0.2, 0.25) is 5.91 Å². The SMILES string of the molecule is CN(C)CC(=O)Nc1cccc(SNc2nc3ccccc3nc2Cl)c1. The Labute approximate surface area is 161 Å². The third-order valence-electron chi connectivity index (χ3n) is 3.37. The van der Waals surface area contributed by atoms with Crippen LogP contribution < -0.4 is 10.0 Å². The zero-order chi connectivity index (χ0) is 18.5. The zero-order valence-corrected chi connectivity index (χ0v) is 15.9. The van der Waals surface area contributed by atoms with Gasteiger partial charge in [-0.05, 0) is 56.4 Å². The molecule has 0 fully saturated rings. The van der Waals surface area contributed by atoms with Gasteiger partial charge in [-0.25, -0.2) is 9.97 Å². The van der Waals surface area contributed by atoms with E-state index in [1.165, 1.54) is 11.9 Å². The number of para-hydroxylation sites is 2. The largest absolute Gasteiger partial charge is 0.325 e. The van der Waals surface area contributed by atoms with Crippen LogP contribution in [-0.4, -0.2) is 41.4 Å². The molecule has 0 aliphatic rings. The molecule has 0 unspecified atom stereocenters. The highest BCUT2D eigenvalue weighted by atomic mass is 35.5. The Morgan fingerprint density at radius 2 is 1.85 bits per heavy atom. The van der Waals surface area contributed by atoms with E-state index in [0.717, 1.165) is 21.6 Å². The van der Waals surface area contributed by atoms with Crippen molar-refractivity contribution in [2.75, 3.05) is 30.7 Å². The average Bonchev–Trinajstić information content (AvgIpc) is 2.59. The van der Waals surface area contributed by atoms with Crippen molar-refractivity contribution in [1.29, 1.82) is 0 Å².